The fourth-order valence-corrected chi connectivity index (χ4v) is 2.33. The quantitative estimate of drug-likeness (QED) is 0.454. The summed E-state index contributed by atoms with van der Waals surface area (Å²) in [4.78, 5) is 4.33. The van der Waals surface area contributed by atoms with E-state index in [4.69, 9.17) is 5.73 Å². The maximum Gasteiger partial charge on any atom is 0.188 e. The van der Waals surface area contributed by atoms with E-state index in [1.165, 1.54) is 44.9 Å². The van der Waals surface area contributed by atoms with Crippen molar-refractivity contribution in [2.24, 2.45) is 22.6 Å². The highest BCUT2D eigenvalue weighted by Gasteiger charge is 2.11. The van der Waals surface area contributed by atoms with Gasteiger partial charge in [0.2, 0.25) is 0 Å². The highest BCUT2D eigenvalue weighted by molar-refractivity contribution is 14.0. The van der Waals surface area contributed by atoms with Crippen LogP contribution in [-0.4, -0.2) is 19.0 Å². The molecular weight excluding hydrogens is 337 g/mol. The normalized spacial score (nSPS) is 18.9. The molecule has 1 saturated carbocycles. The molecule has 1 rings (SSSR count). The Morgan fingerprint density at radius 1 is 1.17 bits per heavy atom. The topological polar surface area (TPSA) is 50.4 Å². The molecule has 0 radical (unpaired) electrons. The molecule has 0 spiro atoms. The zero-order valence-electron chi connectivity index (χ0n) is 12.0. The SMILES string of the molecule is CC(C)CN=C(N)NCC1CCCCCCC1.I. The maximum atomic E-state index is 5.85. The third-order valence-corrected chi connectivity index (χ3v) is 3.42. The van der Waals surface area contributed by atoms with E-state index in [2.05, 4.69) is 24.2 Å². The minimum Gasteiger partial charge on any atom is -0.370 e. The van der Waals surface area contributed by atoms with Crippen LogP contribution < -0.4 is 11.1 Å². The lowest BCUT2D eigenvalue weighted by Crippen LogP contribution is -2.36. The lowest BCUT2D eigenvalue weighted by Gasteiger charge is -2.20. The summed E-state index contributed by atoms with van der Waals surface area (Å²) in [7, 11) is 0. The summed E-state index contributed by atoms with van der Waals surface area (Å²) < 4.78 is 0. The number of nitrogens with one attached hydrogen (secondary N) is 1. The van der Waals surface area contributed by atoms with E-state index in [9.17, 15) is 0 Å². The fourth-order valence-electron chi connectivity index (χ4n) is 2.33. The summed E-state index contributed by atoms with van der Waals surface area (Å²) in [5, 5.41) is 3.28. The van der Waals surface area contributed by atoms with Crippen LogP contribution in [0.5, 0.6) is 0 Å². The first-order chi connectivity index (χ1) is 8.18. The predicted molar refractivity (Wildman–Crippen MR) is 90.6 cm³/mol. The number of nitrogens with two attached hydrogens (primary N) is 1. The zero-order valence-corrected chi connectivity index (χ0v) is 14.3. The number of nitrogens with zero attached hydrogens (tertiary/aromatic N) is 1. The van der Waals surface area contributed by atoms with Gasteiger partial charge in [0.1, 0.15) is 0 Å². The van der Waals surface area contributed by atoms with Gasteiger partial charge in [-0.1, -0.05) is 46.0 Å². The number of hydrogen-bond acceptors (Lipinski definition) is 1. The van der Waals surface area contributed by atoms with Crippen LogP contribution in [0.1, 0.15) is 58.8 Å². The minimum absolute atomic E-state index is 0. The van der Waals surface area contributed by atoms with Crippen LogP contribution in [0.4, 0.5) is 0 Å². The number of hydrogen-bond donors (Lipinski definition) is 2. The second-order valence-corrected chi connectivity index (χ2v) is 5.71. The van der Waals surface area contributed by atoms with Gasteiger partial charge in [0.15, 0.2) is 5.96 Å². The summed E-state index contributed by atoms with van der Waals surface area (Å²) in [6, 6.07) is 0. The first-order valence-corrected chi connectivity index (χ1v) is 7.22. The van der Waals surface area contributed by atoms with Crippen LogP contribution in [0.3, 0.4) is 0 Å². The second-order valence-electron chi connectivity index (χ2n) is 5.71. The first-order valence-electron chi connectivity index (χ1n) is 7.22. The molecule has 0 saturated heterocycles. The molecule has 1 aliphatic rings. The summed E-state index contributed by atoms with van der Waals surface area (Å²) >= 11 is 0. The maximum absolute atomic E-state index is 5.85. The van der Waals surface area contributed by atoms with Crippen LogP contribution in [0.2, 0.25) is 0 Å². The van der Waals surface area contributed by atoms with Gasteiger partial charge in [0.25, 0.3) is 0 Å². The van der Waals surface area contributed by atoms with Crippen LogP contribution in [-0.2, 0) is 0 Å². The molecule has 0 atom stereocenters. The first kappa shape index (κ1) is 18.0. The fraction of sp³-hybridized carbons (Fsp3) is 0.929. The van der Waals surface area contributed by atoms with Crippen molar-refractivity contribution in [3.8, 4) is 0 Å². The lowest BCUT2D eigenvalue weighted by atomic mass is 9.91. The number of aliphatic imine (C=N–C) groups is 1. The molecule has 0 amide bonds. The molecule has 18 heavy (non-hydrogen) atoms. The molecule has 3 N–H and O–H groups in total. The molecule has 0 aromatic heterocycles. The molecule has 108 valence electrons. The number of guanidine groups is 1. The van der Waals surface area contributed by atoms with Gasteiger partial charge in [0, 0.05) is 13.1 Å². The molecule has 0 aromatic rings. The number of rotatable bonds is 4. The smallest absolute Gasteiger partial charge is 0.188 e. The van der Waals surface area contributed by atoms with Gasteiger partial charge < -0.3 is 11.1 Å². The average molecular weight is 367 g/mol. The van der Waals surface area contributed by atoms with E-state index < -0.39 is 0 Å². The standard InChI is InChI=1S/C14H29N3.HI/c1-12(2)10-16-14(15)17-11-13-8-6-4-3-5-7-9-13;/h12-13H,3-11H2,1-2H3,(H3,15,16,17);1H. The molecule has 3 nitrogen and oxygen atoms in total. The Labute approximate surface area is 129 Å². The largest absolute Gasteiger partial charge is 0.370 e. The monoisotopic (exact) mass is 367 g/mol. The Bertz CT molecular complexity index is 221. The minimum atomic E-state index is 0. The Morgan fingerprint density at radius 2 is 1.72 bits per heavy atom. The Morgan fingerprint density at radius 3 is 2.28 bits per heavy atom. The van der Waals surface area contributed by atoms with Gasteiger partial charge in [0.05, 0.1) is 0 Å². The van der Waals surface area contributed by atoms with E-state index in [1.807, 2.05) is 0 Å². The van der Waals surface area contributed by atoms with Crippen LogP contribution in [0, 0.1) is 11.8 Å². The molecule has 0 bridgehead atoms. The Hall–Kier alpha value is 0. The van der Waals surface area contributed by atoms with Gasteiger partial charge >= 0.3 is 0 Å². The van der Waals surface area contributed by atoms with Crippen molar-refractivity contribution in [1.82, 2.24) is 5.32 Å². The van der Waals surface area contributed by atoms with Crippen molar-refractivity contribution in [2.75, 3.05) is 13.1 Å². The summed E-state index contributed by atoms with van der Waals surface area (Å²) in [5.41, 5.74) is 5.85. The van der Waals surface area contributed by atoms with Gasteiger partial charge in [-0.25, -0.2) is 0 Å². The molecule has 4 heteroatoms. The van der Waals surface area contributed by atoms with Crippen LogP contribution in [0.25, 0.3) is 0 Å². The highest BCUT2D eigenvalue weighted by atomic mass is 127. The Balaban J connectivity index is 0.00000289. The van der Waals surface area contributed by atoms with Crippen molar-refractivity contribution in [2.45, 2.75) is 58.8 Å². The van der Waals surface area contributed by atoms with Gasteiger partial charge in [-0.15, -0.1) is 24.0 Å². The van der Waals surface area contributed by atoms with Crippen LogP contribution >= 0.6 is 24.0 Å². The number of halogens is 1. The van der Waals surface area contributed by atoms with Gasteiger partial charge in [-0.3, -0.25) is 4.99 Å². The van der Waals surface area contributed by atoms with Gasteiger partial charge in [-0.2, -0.15) is 0 Å². The van der Waals surface area contributed by atoms with Crippen molar-refractivity contribution >= 4 is 29.9 Å². The van der Waals surface area contributed by atoms with Crippen molar-refractivity contribution in [3.05, 3.63) is 0 Å². The van der Waals surface area contributed by atoms with E-state index in [0.29, 0.717) is 11.9 Å². The van der Waals surface area contributed by atoms with Crippen LogP contribution in [0.15, 0.2) is 4.99 Å². The summed E-state index contributed by atoms with van der Waals surface area (Å²) in [6.45, 7) is 6.15. The second kappa shape index (κ2) is 10.9. The zero-order chi connectivity index (χ0) is 12.5. The third-order valence-electron chi connectivity index (χ3n) is 3.42. The van der Waals surface area contributed by atoms with E-state index in [-0.39, 0.29) is 24.0 Å². The molecular formula is C14H30IN3. The van der Waals surface area contributed by atoms with E-state index in [0.717, 1.165) is 19.0 Å². The van der Waals surface area contributed by atoms with Crippen molar-refractivity contribution in [1.29, 1.82) is 0 Å². The third kappa shape index (κ3) is 9.00. The average Bonchev–Trinajstić information content (AvgIpc) is 2.24. The van der Waals surface area contributed by atoms with E-state index in [1.54, 1.807) is 0 Å². The predicted octanol–water partition coefficient (Wildman–Crippen LogP) is 3.53. The molecule has 1 aliphatic carbocycles. The van der Waals surface area contributed by atoms with Gasteiger partial charge in [-0.05, 0) is 24.7 Å². The van der Waals surface area contributed by atoms with Crippen molar-refractivity contribution in [3.63, 3.8) is 0 Å². The molecule has 1 fully saturated rings. The highest BCUT2D eigenvalue weighted by Crippen LogP contribution is 2.21. The lowest BCUT2D eigenvalue weighted by molar-refractivity contribution is 0.375. The summed E-state index contributed by atoms with van der Waals surface area (Å²) in [6.07, 6.45) is 9.72. The molecule has 0 unspecified atom stereocenters. The molecule has 0 heterocycles. The molecule has 0 aromatic carbocycles. The van der Waals surface area contributed by atoms with Crippen molar-refractivity contribution < 1.29 is 0 Å². The molecule has 0 aliphatic heterocycles. The van der Waals surface area contributed by atoms with E-state index >= 15 is 0 Å². The summed E-state index contributed by atoms with van der Waals surface area (Å²) in [5.74, 6) is 2.00. The Kier molecular flexibility index (Phi) is 10.9.